The summed E-state index contributed by atoms with van der Waals surface area (Å²) in [7, 11) is 0. The van der Waals surface area contributed by atoms with Crippen LogP contribution in [0.25, 0.3) is 11.8 Å². The number of hydrogen-bond donors (Lipinski definition) is 1. The molecule has 2 heterocycles. The van der Waals surface area contributed by atoms with E-state index in [2.05, 4.69) is 40.8 Å². The highest BCUT2D eigenvalue weighted by Crippen LogP contribution is 2.30. The topological polar surface area (TPSA) is 46.9 Å². The lowest BCUT2D eigenvalue weighted by molar-refractivity contribution is -0.116. The van der Waals surface area contributed by atoms with Gasteiger partial charge < -0.3 is 9.88 Å². The minimum atomic E-state index is 0.0903. The number of aryl methyl sites for hydroxylation is 1. The molecule has 3 aromatic rings. The predicted octanol–water partition coefficient (Wildman–Crippen LogP) is 3.81. The van der Waals surface area contributed by atoms with Crippen molar-refractivity contribution >= 4 is 23.4 Å². The summed E-state index contributed by atoms with van der Waals surface area (Å²) >= 11 is 0. The number of rotatable bonds is 3. The largest absolute Gasteiger partial charge is 0.326 e. The molecule has 1 aliphatic rings. The van der Waals surface area contributed by atoms with Crippen molar-refractivity contribution in [2.75, 3.05) is 5.32 Å². The number of imidazole rings is 1. The van der Waals surface area contributed by atoms with Crippen molar-refractivity contribution in [3.8, 4) is 0 Å². The van der Waals surface area contributed by atoms with Crippen LogP contribution in [0.3, 0.4) is 0 Å². The second kappa shape index (κ2) is 6.16. The molecule has 0 unspecified atom stereocenters. The monoisotopic (exact) mass is 315 g/mol. The zero-order chi connectivity index (χ0) is 16.4. The molecule has 1 N–H and O–H groups in total. The average molecular weight is 315 g/mol. The van der Waals surface area contributed by atoms with Gasteiger partial charge in [0.15, 0.2) is 0 Å². The Bertz CT molecular complexity index is 896. The van der Waals surface area contributed by atoms with Crippen LogP contribution < -0.4 is 5.32 Å². The molecule has 4 heteroatoms. The fraction of sp³-hybridized carbons (Fsp3) is 0.100. The molecule has 24 heavy (non-hydrogen) atoms. The van der Waals surface area contributed by atoms with Crippen molar-refractivity contribution in [3.05, 3.63) is 83.9 Å². The molecule has 1 aromatic heterocycles. The highest BCUT2D eigenvalue weighted by Gasteiger charge is 2.16. The van der Waals surface area contributed by atoms with Crippen molar-refractivity contribution in [2.24, 2.45) is 0 Å². The summed E-state index contributed by atoms with van der Waals surface area (Å²) in [5.41, 5.74) is 5.49. The first kappa shape index (κ1) is 14.5. The fourth-order valence-electron chi connectivity index (χ4n) is 2.98. The number of fused-ring (bicyclic) bond motifs is 1. The van der Waals surface area contributed by atoms with Crippen LogP contribution in [0.1, 0.15) is 23.1 Å². The van der Waals surface area contributed by atoms with Gasteiger partial charge >= 0.3 is 0 Å². The lowest BCUT2D eigenvalue weighted by Crippen LogP contribution is -2.18. The Balaban J connectivity index is 1.81. The van der Waals surface area contributed by atoms with E-state index in [-0.39, 0.29) is 5.91 Å². The van der Waals surface area contributed by atoms with E-state index in [9.17, 15) is 4.79 Å². The van der Waals surface area contributed by atoms with Gasteiger partial charge in [-0.15, -0.1) is 0 Å². The van der Waals surface area contributed by atoms with Gasteiger partial charge in [0.05, 0.1) is 6.33 Å². The lowest BCUT2D eigenvalue weighted by Gasteiger charge is -2.18. The Labute approximate surface area is 140 Å². The second-order valence-electron chi connectivity index (χ2n) is 5.84. The summed E-state index contributed by atoms with van der Waals surface area (Å²) in [6.45, 7) is 0. The molecule has 0 saturated carbocycles. The Morgan fingerprint density at radius 1 is 1.08 bits per heavy atom. The Morgan fingerprint density at radius 3 is 2.75 bits per heavy atom. The number of benzene rings is 2. The molecule has 4 rings (SSSR count). The lowest BCUT2D eigenvalue weighted by atomic mass is 9.94. The second-order valence-corrected chi connectivity index (χ2v) is 5.84. The molecule has 0 atom stereocenters. The number of nitrogens with one attached hydrogen (secondary N) is 1. The number of anilines is 1. The van der Waals surface area contributed by atoms with Gasteiger partial charge in [-0.2, -0.15) is 0 Å². The van der Waals surface area contributed by atoms with Crippen LogP contribution in [0.5, 0.6) is 0 Å². The summed E-state index contributed by atoms with van der Waals surface area (Å²) in [5, 5.41) is 2.94. The smallest absolute Gasteiger partial charge is 0.224 e. The van der Waals surface area contributed by atoms with Crippen molar-refractivity contribution < 1.29 is 4.79 Å². The molecule has 2 aromatic carbocycles. The van der Waals surface area contributed by atoms with Crippen molar-refractivity contribution in [1.82, 2.24) is 9.55 Å². The van der Waals surface area contributed by atoms with E-state index in [0.717, 1.165) is 28.8 Å². The number of amides is 1. The maximum absolute atomic E-state index is 11.5. The van der Waals surface area contributed by atoms with Gasteiger partial charge in [0, 0.05) is 36.3 Å². The normalized spacial score (nSPS) is 14.2. The molecule has 4 nitrogen and oxygen atoms in total. The van der Waals surface area contributed by atoms with Crippen molar-refractivity contribution in [2.45, 2.75) is 12.8 Å². The molecular formula is C20H17N3O. The van der Waals surface area contributed by atoms with Crippen LogP contribution >= 0.6 is 0 Å². The van der Waals surface area contributed by atoms with Crippen LogP contribution in [0.2, 0.25) is 0 Å². The van der Waals surface area contributed by atoms with Crippen LogP contribution in [0, 0.1) is 0 Å². The first-order chi connectivity index (χ1) is 11.8. The van der Waals surface area contributed by atoms with E-state index < -0.39 is 0 Å². The number of carbonyl (C=O) groups is 1. The van der Waals surface area contributed by atoms with Crippen LogP contribution in [-0.4, -0.2) is 15.5 Å². The number of aromatic nitrogens is 2. The molecule has 1 amide bonds. The van der Waals surface area contributed by atoms with Gasteiger partial charge in [-0.3, -0.25) is 4.79 Å². The molecule has 1 aliphatic heterocycles. The van der Waals surface area contributed by atoms with Gasteiger partial charge in [0.2, 0.25) is 5.91 Å². The van der Waals surface area contributed by atoms with Crippen LogP contribution in [0.15, 0.2) is 67.3 Å². The van der Waals surface area contributed by atoms with Gasteiger partial charge in [-0.05, 0) is 35.2 Å². The van der Waals surface area contributed by atoms with E-state index in [1.54, 1.807) is 12.5 Å². The highest BCUT2D eigenvalue weighted by molar-refractivity contribution is 5.95. The maximum Gasteiger partial charge on any atom is 0.224 e. The summed E-state index contributed by atoms with van der Waals surface area (Å²) in [6, 6.07) is 16.5. The first-order valence-electron chi connectivity index (χ1n) is 7.97. The fourth-order valence-corrected chi connectivity index (χ4v) is 2.98. The molecular weight excluding hydrogens is 298 g/mol. The highest BCUT2D eigenvalue weighted by atomic mass is 16.1. The molecule has 0 radical (unpaired) electrons. The summed E-state index contributed by atoms with van der Waals surface area (Å²) < 4.78 is 1.95. The average Bonchev–Trinajstić information content (AvgIpc) is 3.13. The number of carbonyl (C=O) groups excluding carboxylic acids is 1. The number of nitrogens with zero attached hydrogens (tertiary/aromatic N) is 2. The van der Waals surface area contributed by atoms with Gasteiger partial charge in [-0.25, -0.2) is 4.98 Å². The van der Waals surface area contributed by atoms with E-state index >= 15 is 0 Å². The summed E-state index contributed by atoms with van der Waals surface area (Å²) in [4.78, 5) is 15.7. The van der Waals surface area contributed by atoms with E-state index in [4.69, 9.17) is 0 Å². The Hall–Kier alpha value is -3.14. The van der Waals surface area contributed by atoms with Crippen molar-refractivity contribution in [1.29, 1.82) is 0 Å². The zero-order valence-electron chi connectivity index (χ0n) is 13.1. The SMILES string of the molecule is O=C1CCc2cc(/C(=C/n3ccnc3)c3ccccc3)ccc2N1. The first-order valence-corrected chi connectivity index (χ1v) is 7.97. The molecule has 0 fully saturated rings. The van der Waals surface area contributed by atoms with Gasteiger partial charge in [0.1, 0.15) is 0 Å². The predicted molar refractivity (Wildman–Crippen MR) is 95.3 cm³/mol. The molecule has 0 bridgehead atoms. The van der Waals surface area contributed by atoms with E-state index in [0.29, 0.717) is 6.42 Å². The molecule has 118 valence electrons. The minimum Gasteiger partial charge on any atom is -0.326 e. The quantitative estimate of drug-likeness (QED) is 0.799. The third-order valence-electron chi connectivity index (χ3n) is 4.20. The third-order valence-corrected chi connectivity index (χ3v) is 4.20. The summed E-state index contributed by atoms with van der Waals surface area (Å²) in [6.07, 6.45) is 8.86. The van der Waals surface area contributed by atoms with Crippen LogP contribution in [0.4, 0.5) is 5.69 Å². The zero-order valence-corrected chi connectivity index (χ0v) is 13.1. The van der Waals surface area contributed by atoms with E-state index in [1.807, 2.05) is 35.0 Å². The van der Waals surface area contributed by atoms with E-state index in [1.165, 1.54) is 5.56 Å². The molecule has 0 saturated heterocycles. The minimum absolute atomic E-state index is 0.0903. The maximum atomic E-state index is 11.5. The molecule has 0 spiro atoms. The van der Waals surface area contributed by atoms with Crippen molar-refractivity contribution in [3.63, 3.8) is 0 Å². The summed E-state index contributed by atoms with van der Waals surface area (Å²) in [5.74, 6) is 0.0903. The Kier molecular flexibility index (Phi) is 3.71. The van der Waals surface area contributed by atoms with Gasteiger partial charge in [0.25, 0.3) is 0 Å². The Morgan fingerprint density at radius 2 is 1.96 bits per heavy atom. The molecule has 0 aliphatic carbocycles. The number of hydrogen-bond acceptors (Lipinski definition) is 2. The van der Waals surface area contributed by atoms with Crippen LogP contribution in [-0.2, 0) is 11.2 Å². The standard InChI is InChI=1S/C20H17N3O/c24-20-9-7-17-12-16(6-8-19(17)22-20)18(13-23-11-10-21-14-23)15-4-2-1-3-5-15/h1-6,8,10-14H,7,9H2,(H,22,24)/b18-13+. The third kappa shape index (κ3) is 2.86. The van der Waals surface area contributed by atoms with Gasteiger partial charge in [-0.1, -0.05) is 36.4 Å².